The summed E-state index contributed by atoms with van der Waals surface area (Å²) in [6.07, 6.45) is 6.01. The number of nitrogens with zero attached hydrogens (tertiary/aromatic N) is 3. The Labute approximate surface area is 237 Å². The Morgan fingerprint density at radius 3 is 2.46 bits per heavy atom. The van der Waals surface area contributed by atoms with Gasteiger partial charge in [0.05, 0.1) is 17.2 Å². The van der Waals surface area contributed by atoms with Crippen molar-refractivity contribution < 1.29 is 19.4 Å². The summed E-state index contributed by atoms with van der Waals surface area (Å²) in [4.78, 5) is 35.2. The highest BCUT2D eigenvalue weighted by Gasteiger charge is 2.34. The Hall–Kier alpha value is -2.89. The van der Waals surface area contributed by atoms with E-state index < -0.39 is 5.97 Å². The number of hydrogen-bond donors (Lipinski definition) is 1. The lowest BCUT2D eigenvalue weighted by molar-refractivity contribution is -0.124. The van der Waals surface area contributed by atoms with Gasteiger partial charge < -0.3 is 19.6 Å². The summed E-state index contributed by atoms with van der Waals surface area (Å²) in [6.45, 7) is 11.4. The van der Waals surface area contributed by atoms with E-state index in [0.717, 1.165) is 49.1 Å². The number of aromatic carboxylic acids is 1. The molecule has 0 unspecified atom stereocenters. The number of carboxylic acid groups (broad SMARTS) is 1. The highest BCUT2D eigenvalue weighted by Crippen LogP contribution is 2.36. The molecule has 0 bridgehead atoms. The molecular formula is C31H43N3O4S. The second kappa shape index (κ2) is 13.5. The fraction of sp³-hybridized carbons (Fsp3) is 0.581. The van der Waals surface area contributed by atoms with Crippen molar-refractivity contribution in [1.82, 2.24) is 9.88 Å². The molecule has 0 spiro atoms. The van der Waals surface area contributed by atoms with Crippen molar-refractivity contribution in [2.75, 3.05) is 25.6 Å². The largest absolute Gasteiger partial charge is 0.478 e. The summed E-state index contributed by atoms with van der Waals surface area (Å²) in [5.74, 6) is 6.30. The number of carboxylic acids is 1. The van der Waals surface area contributed by atoms with E-state index in [4.69, 9.17) is 4.74 Å². The summed E-state index contributed by atoms with van der Waals surface area (Å²) in [7, 11) is 4.02. The number of anilines is 1. The lowest BCUT2D eigenvalue weighted by Gasteiger charge is -2.34. The number of ether oxygens (including phenoxy) is 1. The van der Waals surface area contributed by atoms with Gasteiger partial charge in [0, 0.05) is 42.6 Å². The average molecular weight is 554 g/mol. The van der Waals surface area contributed by atoms with Gasteiger partial charge in [-0.3, -0.25) is 4.79 Å². The predicted octanol–water partition coefficient (Wildman–Crippen LogP) is 6.32. The molecule has 1 aliphatic carbocycles. The van der Waals surface area contributed by atoms with Crippen LogP contribution >= 0.6 is 11.3 Å². The van der Waals surface area contributed by atoms with Crippen LogP contribution in [0.5, 0.6) is 5.88 Å². The first kappa shape index (κ1) is 30.6. The van der Waals surface area contributed by atoms with Crippen LogP contribution in [0.2, 0.25) is 0 Å². The van der Waals surface area contributed by atoms with Crippen molar-refractivity contribution in [3.8, 4) is 17.7 Å². The molecule has 0 saturated heterocycles. The average Bonchev–Trinajstić information content (AvgIpc) is 3.28. The molecule has 7 nitrogen and oxygen atoms in total. The molecule has 1 fully saturated rings. The molecule has 0 aromatic carbocycles. The van der Waals surface area contributed by atoms with E-state index in [0.29, 0.717) is 35.4 Å². The maximum Gasteiger partial charge on any atom is 0.348 e. The van der Waals surface area contributed by atoms with E-state index in [1.807, 2.05) is 60.1 Å². The number of thiophene rings is 1. The Morgan fingerprint density at radius 2 is 1.90 bits per heavy atom. The summed E-state index contributed by atoms with van der Waals surface area (Å²) in [6, 6.07) is 5.37. The van der Waals surface area contributed by atoms with Gasteiger partial charge in [-0.25, -0.2) is 9.78 Å². The van der Waals surface area contributed by atoms with Gasteiger partial charge >= 0.3 is 5.97 Å². The number of amides is 1. The van der Waals surface area contributed by atoms with E-state index in [1.54, 1.807) is 11.0 Å². The first-order valence-corrected chi connectivity index (χ1v) is 14.6. The van der Waals surface area contributed by atoms with Crippen molar-refractivity contribution in [2.24, 2.45) is 17.3 Å². The van der Waals surface area contributed by atoms with Crippen LogP contribution in [0.15, 0.2) is 24.4 Å². The molecule has 2 aromatic rings. The van der Waals surface area contributed by atoms with Crippen molar-refractivity contribution >= 4 is 28.9 Å². The topological polar surface area (TPSA) is 83.0 Å². The first-order chi connectivity index (χ1) is 18.3. The normalized spacial score (nSPS) is 18.3. The standard InChI is InChI=1S/C31H43N3O4S/c1-21-8-11-24(12-9-21)29(35)34(26-18-25(14-16-31(3,4)5)39-28(26)30(36)37)22(2)15-17-38-27-13-10-23(19-32-27)20-33(6)7/h10,13,18-19,21-22,24H,8-9,11-12,15,17,20H2,1-7H3,(H,36,37)/t21?,22-,24?/m1/s1. The zero-order valence-electron chi connectivity index (χ0n) is 24.4. The lowest BCUT2D eigenvalue weighted by Crippen LogP contribution is -2.44. The first-order valence-electron chi connectivity index (χ1n) is 13.8. The van der Waals surface area contributed by atoms with Crippen LogP contribution in [0.1, 0.15) is 86.8 Å². The second-order valence-corrected chi connectivity index (χ2v) is 13.1. The summed E-state index contributed by atoms with van der Waals surface area (Å²) >= 11 is 1.13. The molecule has 1 N–H and O–H groups in total. The minimum atomic E-state index is -1.04. The Morgan fingerprint density at radius 1 is 1.21 bits per heavy atom. The fourth-order valence-corrected chi connectivity index (χ4v) is 5.56. The van der Waals surface area contributed by atoms with Gasteiger partial charge in [0.15, 0.2) is 0 Å². The Kier molecular flexibility index (Phi) is 10.6. The van der Waals surface area contributed by atoms with Crippen molar-refractivity contribution in [1.29, 1.82) is 0 Å². The van der Waals surface area contributed by atoms with Gasteiger partial charge in [-0.15, -0.1) is 11.3 Å². The molecule has 1 amide bonds. The Balaban J connectivity index is 1.84. The molecule has 8 heteroatoms. The molecule has 212 valence electrons. The third-order valence-electron chi connectivity index (χ3n) is 6.85. The molecule has 1 saturated carbocycles. The predicted molar refractivity (Wildman–Crippen MR) is 157 cm³/mol. The van der Waals surface area contributed by atoms with Gasteiger partial charge in [-0.1, -0.05) is 24.8 Å². The number of rotatable bonds is 10. The van der Waals surface area contributed by atoms with Crippen LogP contribution in [0.25, 0.3) is 0 Å². The molecule has 1 aliphatic rings. The summed E-state index contributed by atoms with van der Waals surface area (Å²) < 4.78 is 5.92. The number of pyridine rings is 1. The summed E-state index contributed by atoms with van der Waals surface area (Å²) in [5, 5.41) is 10.1. The zero-order chi connectivity index (χ0) is 28.7. The molecule has 3 rings (SSSR count). The molecule has 2 aromatic heterocycles. The number of carbonyl (C=O) groups is 2. The molecule has 1 atom stereocenters. The minimum Gasteiger partial charge on any atom is -0.478 e. The van der Waals surface area contributed by atoms with E-state index in [2.05, 4.69) is 28.6 Å². The molecular weight excluding hydrogens is 510 g/mol. The van der Waals surface area contributed by atoms with Crippen LogP contribution in [0.3, 0.4) is 0 Å². The van der Waals surface area contributed by atoms with Gasteiger partial charge in [-0.05, 0) is 85.0 Å². The Bertz CT molecular complexity index is 1180. The van der Waals surface area contributed by atoms with Gasteiger partial charge in [-0.2, -0.15) is 0 Å². The van der Waals surface area contributed by atoms with Crippen molar-refractivity contribution in [3.05, 3.63) is 39.7 Å². The zero-order valence-corrected chi connectivity index (χ0v) is 25.2. The third-order valence-corrected chi connectivity index (χ3v) is 7.88. The van der Waals surface area contributed by atoms with E-state index in [1.165, 1.54) is 0 Å². The molecule has 2 heterocycles. The smallest absolute Gasteiger partial charge is 0.348 e. The molecule has 39 heavy (non-hydrogen) atoms. The lowest BCUT2D eigenvalue weighted by atomic mass is 9.82. The van der Waals surface area contributed by atoms with Crippen molar-refractivity contribution in [2.45, 2.75) is 79.3 Å². The maximum absolute atomic E-state index is 14.0. The van der Waals surface area contributed by atoms with Crippen LogP contribution in [-0.2, 0) is 11.3 Å². The highest BCUT2D eigenvalue weighted by molar-refractivity contribution is 7.15. The van der Waals surface area contributed by atoms with Crippen LogP contribution in [0, 0.1) is 29.1 Å². The third kappa shape index (κ3) is 9.08. The second-order valence-electron chi connectivity index (χ2n) is 12.0. The maximum atomic E-state index is 14.0. The summed E-state index contributed by atoms with van der Waals surface area (Å²) in [5.41, 5.74) is 1.32. The highest BCUT2D eigenvalue weighted by atomic mass is 32.1. The SMILES string of the molecule is CC1CCC(C(=O)N(c2cc(C#CC(C)(C)C)sc2C(=O)O)[C@H](C)CCOc2ccc(CN(C)C)cn2)CC1. The van der Waals surface area contributed by atoms with E-state index in [-0.39, 0.29) is 28.2 Å². The van der Waals surface area contributed by atoms with Crippen molar-refractivity contribution in [3.63, 3.8) is 0 Å². The van der Waals surface area contributed by atoms with Crippen LogP contribution in [0.4, 0.5) is 5.69 Å². The number of carbonyl (C=O) groups excluding carboxylic acids is 1. The van der Waals surface area contributed by atoms with Gasteiger partial charge in [0.1, 0.15) is 4.88 Å². The minimum absolute atomic E-state index is 0.00352. The van der Waals surface area contributed by atoms with E-state index in [9.17, 15) is 14.7 Å². The molecule has 0 aliphatic heterocycles. The number of hydrogen-bond acceptors (Lipinski definition) is 6. The van der Waals surface area contributed by atoms with Gasteiger partial charge in [0.2, 0.25) is 11.8 Å². The monoisotopic (exact) mass is 553 g/mol. The van der Waals surface area contributed by atoms with Gasteiger partial charge in [0.25, 0.3) is 0 Å². The molecule has 0 radical (unpaired) electrons. The number of aromatic nitrogens is 1. The quantitative estimate of drug-likeness (QED) is 0.347. The fourth-order valence-electron chi connectivity index (χ4n) is 4.72. The van der Waals surface area contributed by atoms with Crippen LogP contribution < -0.4 is 9.64 Å². The van der Waals surface area contributed by atoms with E-state index >= 15 is 0 Å². The van der Waals surface area contributed by atoms with Crippen LogP contribution in [-0.4, -0.2) is 53.6 Å².